The second kappa shape index (κ2) is 29.4. The first-order valence-electron chi connectivity index (χ1n) is 35.1. The Morgan fingerprint density at radius 2 is 0.917 bits per heavy atom. The highest BCUT2D eigenvalue weighted by molar-refractivity contribution is 6.31. The van der Waals surface area contributed by atoms with Crippen molar-refractivity contribution in [2.75, 3.05) is 114 Å². The van der Waals surface area contributed by atoms with Crippen molar-refractivity contribution in [1.29, 1.82) is 0 Å². The van der Waals surface area contributed by atoms with Crippen LogP contribution in [0.2, 0.25) is 10.3 Å². The van der Waals surface area contributed by atoms with Gasteiger partial charge in [-0.15, -0.1) is 0 Å². The van der Waals surface area contributed by atoms with Crippen LogP contribution in [0, 0.1) is 20.8 Å². The molecular formula is C75H97Cl2N17O2. The molecule has 21 heteroatoms. The van der Waals surface area contributed by atoms with E-state index >= 15 is 0 Å². The number of aryl methyl sites for hydroxylation is 3. The topological polar surface area (TPSA) is 152 Å². The lowest BCUT2D eigenvalue weighted by Crippen LogP contribution is -2.45. The molecule has 1 amide bonds. The summed E-state index contributed by atoms with van der Waals surface area (Å²) in [6.07, 6.45) is 18.0. The Kier molecular flexibility index (Phi) is 20.5. The zero-order valence-electron chi connectivity index (χ0n) is 57.7. The minimum absolute atomic E-state index is 0.137. The average molecular weight is 1340 g/mol. The molecule has 19 nitrogen and oxygen atoms in total. The Morgan fingerprint density at radius 3 is 1.46 bits per heavy atom. The number of carbonyl (C=O) groups is 1. The summed E-state index contributed by atoms with van der Waals surface area (Å²) >= 11 is 14.0. The molecule has 15 rings (SSSR count). The largest absolute Gasteiger partial charge is 0.444 e. The molecule has 0 spiro atoms. The number of hydrogen-bond acceptors (Lipinski definition) is 15. The molecule has 0 aromatic carbocycles. The number of halogens is 2. The normalized spacial score (nSPS) is 22.7. The predicted molar refractivity (Wildman–Crippen MR) is 385 cm³/mol. The van der Waals surface area contributed by atoms with Gasteiger partial charge in [-0.3, -0.25) is 33.1 Å². The number of fused-ring (bicyclic) bond motifs is 3. The van der Waals surface area contributed by atoms with E-state index in [0.29, 0.717) is 11.8 Å². The van der Waals surface area contributed by atoms with Crippen molar-refractivity contribution in [3.8, 4) is 0 Å². The van der Waals surface area contributed by atoms with E-state index in [0.717, 1.165) is 209 Å². The molecule has 9 aromatic rings. The van der Waals surface area contributed by atoms with Gasteiger partial charge in [-0.1, -0.05) is 66.0 Å². The second-order valence-corrected chi connectivity index (χ2v) is 29.3. The van der Waals surface area contributed by atoms with Crippen LogP contribution in [0.25, 0.3) is 16.9 Å². The van der Waals surface area contributed by atoms with Gasteiger partial charge >= 0.3 is 6.09 Å². The van der Waals surface area contributed by atoms with E-state index in [9.17, 15) is 4.79 Å². The zero-order valence-corrected chi connectivity index (χ0v) is 59.2. The van der Waals surface area contributed by atoms with Crippen molar-refractivity contribution in [2.24, 2.45) is 0 Å². The van der Waals surface area contributed by atoms with Crippen molar-refractivity contribution in [2.45, 2.75) is 147 Å². The van der Waals surface area contributed by atoms with Crippen molar-refractivity contribution in [3.05, 3.63) is 177 Å². The number of piperazine rings is 3. The fourth-order valence-corrected chi connectivity index (χ4v) is 16.2. The third kappa shape index (κ3) is 14.6. The van der Waals surface area contributed by atoms with Gasteiger partial charge in [0.2, 0.25) is 0 Å². The van der Waals surface area contributed by atoms with Crippen molar-refractivity contribution in [3.63, 3.8) is 0 Å². The Hall–Kier alpha value is -7.39. The standard InChI is InChI=1S/C28H38N6O2.C24H30ClN5.C23H29ClN6/c1-20-9-8-14-29-26(20)23-11-6-10-22(34(23)27(35)36-28(2,3)4)21-19-33-24(30-21)12-7-13-25(33)32-17-15-31(5)16-18-32;1-17-6-5-11-26-22(17)18-7-3-8-19(16-18)23-24(25)30-20(27-23)9-4-10-21(30)29-14-12-28(2)13-15-29;1-16-6-5-11-25-21(16)17-7-3-8-18(26-17)22-23(24)30-19(27-22)9-4-10-20(30)29-14-12-28(2)13-15-29/h7-9,12-14,19,22-23H,6,10-11,15-18H2,1-5H3;4-6,9-11,18-19H,3,7-8,12-16H2,1-2H3;4-6,9-11,17-18,26H,3,7-8,12-15H2,1-2H3/t22-,23+;18-,19+;17-,18+/m001/s1. The summed E-state index contributed by atoms with van der Waals surface area (Å²) in [5.74, 6) is 4.33. The molecular weight excluding hydrogens is 1240 g/mol. The van der Waals surface area contributed by atoms with Crippen LogP contribution in [0.3, 0.4) is 0 Å². The molecule has 96 heavy (non-hydrogen) atoms. The number of piperidine rings is 2. The highest BCUT2D eigenvalue weighted by Gasteiger charge is 2.41. The lowest BCUT2D eigenvalue weighted by atomic mass is 9.77. The fourth-order valence-electron chi connectivity index (χ4n) is 15.4. The van der Waals surface area contributed by atoms with Gasteiger partial charge in [0.05, 0.1) is 52.6 Å². The molecule has 5 aliphatic heterocycles. The van der Waals surface area contributed by atoms with E-state index in [1.165, 1.54) is 29.7 Å². The van der Waals surface area contributed by atoms with E-state index in [1.54, 1.807) is 0 Å². The molecule has 1 N–H and O–H groups in total. The van der Waals surface area contributed by atoms with Gasteiger partial charge in [-0.05, 0) is 192 Å². The van der Waals surface area contributed by atoms with Crippen LogP contribution in [-0.2, 0) is 4.74 Å². The lowest BCUT2D eigenvalue weighted by Gasteiger charge is -2.42. The van der Waals surface area contributed by atoms with E-state index in [4.69, 9.17) is 52.9 Å². The number of aromatic nitrogens is 9. The number of anilines is 3. The Labute approximate surface area is 576 Å². The number of likely N-dealkylation sites (tertiary alicyclic amines) is 1. The molecule has 0 bridgehead atoms. The van der Waals surface area contributed by atoms with E-state index in [1.807, 2.05) is 68.5 Å². The number of carbonyl (C=O) groups excluding carboxylic acids is 1. The van der Waals surface area contributed by atoms with Crippen molar-refractivity contribution < 1.29 is 9.53 Å². The minimum Gasteiger partial charge on any atom is -0.444 e. The molecule has 1 saturated carbocycles. The van der Waals surface area contributed by atoms with Crippen LogP contribution in [0.4, 0.5) is 22.2 Å². The van der Waals surface area contributed by atoms with Gasteiger partial charge in [-0.25, -0.2) is 19.7 Å². The summed E-state index contributed by atoms with van der Waals surface area (Å²) in [6, 6.07) is 31.3. The van der Waals surface area contributed by atoms with Crippen LogP contribution in [0.15, 0.2) is 116 Å². The van der Waals surface area contributed by atoms with Gasteiger partial charge < -0.3 is 39.5 Å². The number of amides is 1. The summed E-state index contributed by atoms with van der Waals surface area (Å²) in [5.41, 5.74) is 12.1. The van der Waals surface area contributed by atoms with Crippen LogP contribution < -0.4 is 20.0 Å². The van der Waals surface area contributed by atoms with Gasteiger partial charge in [0.1, 0.15) is 50.3 Å². The summed E-state index contributed by atoms with van der Waals surface area (Å²) in [6.45, 7) is 24.5. The first kappa shape index (κ1) is 67.2. The first-order valence-corrected chi connectivity index (χ1v) is 35.8. The SMILES string of the molecule is Cc1cccnc1[C@H]1CCC[C@@H](c2cn3c(N4CCN(C)CC4)cccc3n2)N1C(=O)OC(C)(C)C.Cc1cccnc1[C@H]1CCC[C@@H](c2nc3cccc(N4CCN(C)CC4)n3c2Cl)C1.Cc1cccnc1[C@H]1CCC[C@@H](c2nc3cccc(N4CCN(C)CC4)n3c2Cl)N1. The van der Waals surface area contributed by atoms with Crippen LogP contribution >= 0.6 is 23.2 Å². The monoisotopic (exact) mass is 1340 g/mol. The highest BCUT2D eigenvalue weighted by Crippen LogP contribution is 2.46. The third-order valence-electron chi connectivity index (χ3n) is 20.7. The van der Waals surface area contributed by atoms with Crippen molar-refractivity contribution >= 4 is 63.7 Å². The summed E-state index contributed by atoms with van der Waals surface area (Å²) < 4.78 is 12.4. The fraction of sp³-hybridized carbons (Fsp3) is 0.507. The molecule has 0 unspecified atom stereocenters. The van der Waals surface area contributed by atoms with Crippen molar-refractivity contribution in [1.82, 2.24) is 68.0 Å². The Morgan fingerprint density at radius 1 is 0.479 bits per heavy atom. The predicted octanol–water partition coefficient (Wildman–Crippen LogP) is 13.9. The Balaban J connectivity index is 0.000000131. The molecule has 6 aliphatic rings. The maximum atomic E-state index is 13.7. The lowest BCUT2D eigenvalue weighted by molar-refractivity contribution is -0.00796. The number of pyridine rings is 6. The molecule has 14 heterocycles. The van der Waals surface area contributed by atoms with E-state index in [-0.39, 0.29) is 30.3 Å². The second-order valence-electron chi connectivity index (χ2n) is 28.6. The average Bonchev–Trinajstić information content (AvgIpc) is 1.74. The molecule has 508 valence electrons. The molecule has 9 aromatic heterocycles. The first-order chi connectivity index (χ1) is 46.4. The third-order valence-corrected chi connectivity index (χ3v) is 21.4. The molecule has 6 fully saturated rings. The van der Waals surface area contributed by atoms with Crippen LogP contribution in [-0.4, -0.2) is 174 Å². The number of rotatable bonds is 9. The van der Waals surface area contributed by atoms with Gasteiger partial charge in [0, 0.05) is 121 Å². The number of hydrogen-bond donors (Lipinski definition) is 1. The quantitative estimate of drug-likeness (QED) is 0.146. The maximum absolute atomic E-state index is 13.7. The smallest absolute Gasteiger partial charge is 0.411 e. The summed E-state index contributed by atoms with van der Waals surface area (Å²) in [7, 11) is 6.53. The van der Waals surface area contributed by atoms with E-state index in [2.05, 4.69) is 168 Å². The zero-order chi connectivity index (χ0) is 66.8. The maximum Gasteiger partial charge on any atom is 0.411 e. The Bertz CT molecular complexity index is 3970. The molecule has 1 aliphatic carbocycles. The number of ether oxygens (including phenoxy) is 1. The van der Waals surface area contributed by atoms with E-state index < -0.39 is 5.60 Å². The van der Waals surface area contributed by atoms with Crippen LogP contribution in [0.5, 0.6) is 0 Å². The molecule has 6 atom stereocenters. The van der Waals surface area contributed by atoms with Gasteiger partial charge in [0.15, 0.2) is 0 Å². The number of imidazole rings is 3. The minimum atomic E-state index is -0.587. The molecule has 0 radical (unpaired) electrons. The molecule has 5 saturated heterocycles. The number of likely N-dealkylation sites (N-methyl/N-ethyl adjacent to an activating group) is 3. The van der Waals surface area contributed by atoms with Crippen LogP contribution in [0.1, 0.15) is 172 Å². The van der Waals surface area contributed by atoms with Gasteiger partial charge in [-0.2, -0.15) is 0 Å². The number of nitrogens with zero attached hydrogens (tertiary/aromatic N) is 16. The summed E-state index contributed by atoms with van der Waals surface area (Å²) in [5, 5.41) is 5.32. The number of nitrogens with one attached hydrogen (secondary N) is 1. The summed E-state index contributed by atoms with van der Waals surface area (Å²) in [4.78, 5) is 59.0. The highest BCUT2D eigenvalue weighted by atomic mass is 35.5. The van der Waals surface area contributed by atoms with Gasteiger partial charge in [0.25, 0.3) is 0 Å².